The number of benzene rings is 1. The van der Waals surface area contributed by atoms with Crippen molar-refractivity contribution < 1.29 is 4.39 Å². The summed E-state index contributed by atoms with van der Waals surface area (Å²) in [6, 6.07) is 5.20. The molecule has 3 heteroatoms. The van der Waals surface area contributed by atoms with Crippen LogP contribution >= 0.6 is 27.5 Å². The molecule has 0 aromatic heterocycles. The Labute approximate surface area is 141 Å². The number of hydrogen-bond donors (Lipinski definition) is 0. The van der Waals surface area contributed by atoms with Gasteiger partial charge >= 0.3 is 0 Å². The number of alkyl halides is 1. The van der Waals surface area contributed by atoms with Crippen LogP contribution in [0.25, 0.3) is 0 Å². The van der Waals surface area contributed by atoms with E-state index < -0.39 is 0 Å². The molecule has 1 aromatic carbocycles. The van der Waals surface area contributed by atoms with Crippen LogP contribution in [0.4, 0.5) is 4.39 Å². The van der Waals surface area contributed by atoms with Crippen LogP contribution in [0.1, 0.15) is 52.0 Å². The van der Waals surface area contributed by atoms with Crippen molar-refractivity contribution in [2.75, 3.05) is 5.88 Å². The Morgan fingerprint density at radius 2 is 1.90 bits per heavy atom. The Balaban J connectivity index is 2.12. The minimum absolute atomic E-state index is 0.0605. The highest BCUT2D eigenvalue weighted by Crippen LogP contribution is 2.47. The molecule has 0 heterocycles. The number of halogens is 3. The highest BCUT2D eigenvalue weighted by atomic mass is 79.9. The predicted octanol–water partition coefficient (Wildman–Crippen LogP) is 6.59. The van der Waals surface area contributed by atoms with Gasteiger partial charge in [0.05, 0.1) is 0 Å². The summed E-state index contributed by atoms with van der Waals surface area (Å²) in [6.45, 7) is 6.96. The molecule has 1 aliphatic rings. The van der Waals surface area contributed by atoms with Gasteiger partial charge in [0.2, 0.25) is 0 Å². The molecule has 0 N–H and O–H groups in total. The quantitative estimate of drug-likeness (QED) is 0.523. The van der Waals surface area contributed by atoms with E-state index in [1.54, 1.807) is 12.1 Å². The maximum Gasteiger partial charge on any atom is 0.126 e. The average molecular weight is 376 g/mol. The molecule has 1 aliphatic carbocycles. The Morgan fingerprint density at radius 1 is 1.29 bits per heavy atom. The Morgan fingerprint density at radius 3 is 2.43 bits per heavy atom. The molecule has 1 fully saturated rings. The topological polar surface area (TPSA) is 0 Å². The zero-order chi connectivity index (χ0) is 15.7. The minimum Gasteiger partial charge on any atom is -0.207 e. The summed E-state index contributed by atoms with van der Waals surface area (Å²) in [5, 5.41) is 0. The molecule has 1 saturated carbocycles. The lowest BCUT2D eigenvalue weighted by molar-refractivity contribution is 0.101. The van der Waals surface area contributed by atoms with E-state index in [-0.39, 0.29) is 11.2 Å². The van der Waals surface area contributed by atoms with E-state index in [4.69, 9.17) is 11.6 Å². The molecule has 0 radical (unpaired) electrons. The molecule has 0 spiro atoms. The van der Waals surface area contributed by atoms with Gasteiger partial charge in [-0.1, -0.05) is 36.7 Å². The first kappa shape index (κ1) is 17.3. The lowest BCUT2D eigenvalue weighted by Gasteiger charge is -2.43. The largest absolute Gasteiger partial charge is 0.207 e. The second kappa shape index (κ2) is 6.58. The molecule has 0 unspecified atom stereocenters. The van der Waals surface area contributed by atoms with Crippen molar-refractivity contribution in [2.45, 2.75) is 52.9 Å². The van der Waals surface area contributed by atoms with Gasteiger partial charge in [-0.2, -0.15) is 0 Å². The molecule has 0 bridgehead atoms. The van der Waals surface area contributed by atoms with Crippen LogP contribution in [-0.2, 0) is 6.42 Å². The van der Waals surface area contributed by atoms with Gasteiger partial charge in [0.25, 0.3) is 0 Å². The third-order valence-electron chi connectivity index (χ3n) is 5.13. The van der Waals surface area contributed by atoms with Crippen LogP contribution in [0.15, 0.2) is 22.7 Å². The lowest BCUT2D eigenvalue weighted by Crippen LogP contribution is -2.35. The van der Waals surface area contributed by atoms with E-state index in [0.29, 0.717) is 11.3 Å². The summed E-state index contributed by atoms with van der Waals surface area (Å²) < 4.78 is 15.0. The summed E-state index contributed by atoms with van der Waals surface area (Å²) in [5.41, 5.74) is 1.21. The van der Waals surface area contributed by atoms with Crippen molar-refractivity contribution in [1.29, 1.82) is 0 Å². The molecule has 2 rings (SSSR count). The maximum absolute atomic E-state index is 14.0. The normalized spacial score (nSPS) is 26.9. The fourth-order valence-corrected chi connectivity index (χ4v) is 4.31. The van der Waals surface area contributed by atoms with E-state index in [9.17, 15) is 4.39 Å². The van der Waals surface area contributed by atoms with Crippen LogP contribution in [0.5, 0.6) is 0 Å². The van der Waals surface area contributed by atoms with Crippen molar-refractivity contribution in [3.63, 3.8) is 0 Å². The van der Waals surface area contributed by atoms with Gasteiger partial charge in [-0.15, -0.1) is 11.6 Å². The molecule has 21 heavy (non-hydrogen) atoms. The molecule has 0 aliphatic heterocycles. The Kier molecular flexibility index (Phi) is 5.41. The van der Waals surface area contributed by atoms with E-state index in [2.05, 4.69) is 36.7 Å². The van der Waals surface area contributed by atoms with Crippen molar-refractivity contribution in [3.8, 4) is 0 Å². The standard InChI is InChI=1S/C18H25BrClF/c1-17(2,3)14-6-8-18(12-20,9-7-14)11-13-10-15(19)4-5-16(13)21/h4-5,10,14H,6-9,11-12H2,1-3H3. The van der Waals surface area contributed by atoms with E-state index in [1.165, 1.54) is 12.8 Å². The predicted molar refractivity (Wildman–Crippen MR) is 92.4 cm³/mol. The smallest absolute Gasteiger partial charge is 0.126 e. The Bertz CT molecular complexity index is 484. The van der Waals surface area contributed by atoms with Crippen molar-refractivity contribution in [1.82, 2.24) is 0 Å². The van der Waals surface area contributed by atoms with Gasteiger partial charge in [0.15, 0.2) is 0 Å². The van der Waals surface area contributed by atoms with Gasteiger partial charge in [0.1, 0.15) is 5.82 Å². The molecular formula is C18H25BrClF. The van der Waals surface area contributed by atoms with Gasteiger partial charge in [-0.25, -0.2) is 4.39 Å². The maximum atomic E-state index is 14.0. The number of hydrogen-bond acceptors (Lipinski definition) is 0. The van der Waals surface area contributed by atoms with Crippen LogP contribution in [0, 0.1) is 22.6 Å². The second-order valence-electron chi connectivity index (χ2n) is 7.69. The van der Waals surface area contributed by atoms with Crippen LogP contribution in [0.3, 0.4) is 0 Å². The Hall–Kier alpha value is -0.0800. The van der Waals surface area contributed by atoms with Crippen LogP contribution in [-0.4, -0.2) is 5.88 Å². The summed E-state index contributed by atoms with van der Waals surface area (Å²) in [7, 11) is 0. The first-order valence-corrected chi connectivity index (χ1v) is 9.08. The summed E-state index contributed by atoms with van der Waals surface area (Å²) in [5.74, 6) is 1.26. The summed E-state index contributed by atoms with van der Waals surface area (Å²) in [6.07, 6.45) is 5.35. The number of rotatable bonds is 3. The summed E-state index contributed by atoms with van der Waals surface area (Å²) >= 11 is 9.74. The monoisotopic (exact) mass is 374 g/mol. The third kappa shape index (κ3) is 4.22. The molecule has 0 nitrogen and oxygen atoms in total. The lowest BCUT2D eigenvalue weighted by atomic mass is 9.63. The first-order valence-electron chi connectivity index (χ1n) is 7.76. The van der Waals surface area contributed by atoms with Gasteiger partial charge < -0.3 is 0 Å². The van der Waals surface area contributed by atoms with Gasteiger partial charge in [0, 0.05) is 10.4 Å². The second-order valence-corrected chi connectivity index (χ2v) is 8.87. The molecule has 0 saturated heterocycles. The SMILES string of the molecule is CC(C)(C)C1CCC(CCl)(Cc2cc(Br)ccc2F)CC1. The van der Waals surface area contributed by atoms with Crippen LogP contribution in [0.2, 0.25) is 0 Å². The first-order chi connectivity index (χ1) is 9.76. The highest BCUT2D eigenvalue weighted by molar-refractivity contribution is 9.10. The van der Waals surface area contributed by atoms with Crippen LogP contribution < -0.4 is 0 Å². The molecule has 0 atom stereocenters. The van der Waals surface area contributed by atoms with Gasteiger partial charge in [-0.05, 0) is 72.6 Å². The zero-order valence-electron chi connectivity index (χ0n) is 13.2. The minimum atomic E-state index is -0.111. The molecule has 1 aromatic rings. The van der Waals surface area contributed by atoms with E-state index >= 15 is 0 Å². The molecular weight excluding hydrogens is 351 g/mol. The zero-order valence-corrected chi connectivity index (χ0v) is 15.5. The van der Waals surface area contributed by atoms with Crippen molar-refractivity contribution in [3.05, 3.63) is 34.1 Å². The molecule has 0 amide bonds. The average Bonchev–Trinajstić information content (AvgIpc) is 2.42. The van der Waals surface area contributed by atoms with Gasteiger partial charge in [-0.3, -0.25) is 0 Å². The fourth-order valence-electron chi connectivity index (χ4n) is 3.54. The summed E-state index contributed by atoms with van der Waals surface area (Å²) in [4.78, 5) is 0. The van der Waals surface area contributed by atoms with Crippen molar-refractivity contribution >= 4 is 27.5 Å². The molecule has 118 valence electrons. The third-order valence-corrected chi connectivity index (χ3v) is 6.19. The van der Waals surface area contributed by atoms with E-state index in [1.807, 2.05) is 6.07 Å². The highest BCUT2D eigenvalue weighted by Gasteiger charge is 2.38. The van der Waals surface area contributed by atoms with Crippen molar-refractivity contribution in [2.24, 2.45) is 16.7 Å². The van der Waals surface area contributed by atoms with E-state index in [0.717, 1.165) is 35.2 Å². The fraction of sp³-hybridized carbons (Fsp3) is 0.667.